The summed E-state index contributed by atoms with van der Waals surface area (Å²) in [4.78, 5) is 2.56. The van der Waals surface area contributed by atoms with Crippen LogP contribution in [-0.4, -0.2) is 6.04 Å². The van der Waals surface area contributed by atoms with Gasteiger partial charge in [0.25, 0.3) is 0 Å². The Bertz CT molecular complexity index is 1580. The van der Waals surface area contributed by atoms with Gasteiger partial charge in [-0.3, -0.25) is 0 Å². The minimum absolute atomic E-state index is 0.364. The third-order valence-corrected chi connectivity index (χ3v) is 10.0. The molecule has 3 unspecified atom stereocenters. The number of nitrogens with zero attached hydrogens (tertiary/aromatic N) is 1. The number of benzene rings is 4. The van der Waals surface area contributed by atoms with Gasteiger partial charge in [-0.2, -0.15) is 0 Å². The van der Waals surface area contributed by atoms with Gasteiger partial charge in [0.05, 0.1) is 10.5 Å². The van der Waals surface area contributed by atoms with Crippen LogP contribution in [0.15, 0.2) is 102 Å². The van der Waals surface area contributed by atoms with Crippen molar-refractivity contribution in [2.24, 2.45) is 0 Å². The summed E-state index contributed by atoms with van der Waals surface area (Å²) in [7, 11) is 0. The van der Waals surface area contributed by atoms with E-state index in [-0.39, 0.29) is 0 Å². The van der Waals surface area contributed by atoms with Crippen LogP contribution in [0.4, 0.5) is 11.4 Å². The van der Waals surface area contributed by atoms with E-state index in [0.29, 0.717) is 16.5 Å². The van der Waals surface area contributed by atoms with E-state index < -0.39 is 0 Å². The highest BCUT2D eigenvalue weighted by atomic mass is 32.2. The number of para-hydroxylation sites is 1. The monoisotopic (exact) mass is 497 g/mol. The van der Waals surface area contributed by atoms with Crippen LogP contribution < -0.4 is 4.90 Å². The number of rotatable bonds is 4. The van der Waals surface area contributed by atoms with Crippen LogP contribution in [0, 0.1) is 0 Å². The lowest BCUT2D eigenvalue weighted by Gasteiger charge is -2.28. The second kappa shape index (κ2) is 8.82. The van der Waals surface area contributed by atoms with Crippen LogP contribution >= 0.6 is 11.8 Å². The van der Waals surface area contributed by atoms with Crippen LogP contribution in [0.3, 0.4) is 0 Å². The quantitative estimate of drug-likeness (QED) is 0.276. The van der Waals surface area contributed by atoms with E-state index in [2.05, 4.69) is 141 Å². The zero-order valence-corrected chi connectivity index (χ0v) is 22.4. The number of hydrogen-bond acceptors (Lipinski definition) is 2. The first-order valence-electron chi connectivity index (χ1n) is 13.3. The minimum atomic E-state index is 0.364. The summed E-state index contributed by atoms with van der Waals surface area (Å²) in [6.45, 7) is 6.98. The molecule has 3 atom stereocenters. The van der Waals surface area contributed by atoms with Gasteiger partial charge in [-0.05, 0) is 72.7 Å². The van der Waals surface area contributed by atoms with Crippen molar-refractivity contribution in [3.63, 3.8) is 0 Å². The third-order valence-electron chi connectivity index (χ3n) is 8.22. The Morgan fingerprint density at radius 1 is 0.649 bits per heavy atom. The topological polar surface area (TPSA) is 3.24 Å². The van der Waals surface area contributed by atoms with Crippen LogP contribution in [0.1, 0.15) is 59.1 Å². The molecule has 0 saturated heterocycles. The Morgan fingerprint density at radius 3 is 2.05 bits per heavy atom. The SMILES string of the molecule is CC1=Cc2c(-c3ccccc3)cccc2C1SC1C(C)=Cc2c1cccc2N1c2ccccc2CC1C. The minimum Gasteiger partial charge on any atom is -0.338 e. The number of fused-ring (bicyclic) bond motifs is 3. The molecule has 4 aromatic carbocycles. The fourth-order valence-electron chi connectivity index (χ4n) is 6.54. The first-order valence-corrected chi connectivity index (χ1v) is 14.2. The van der Waals surface area contributed by atoms with Crippen molar-refractivity contribution in [1.29, 1.82) is 0 Å². The molecule has 0 bridgehead atoms. The molecule has 2 aliphatic carbocycles. The molecule has 37 heavy (non-hydrogen) atoms. The lowest BCUT2D eigenvalue weighted by Crippen LogP contribution is -2.24. The normalized spacial score (nSPS) is 21.4. The Kier molecular flexibility index (Phi) is 5.41. The Hall–Kier alpha value is -3.49. The van der Waals surface area contributed by atoms with E-state index in [4.69, 9.17) is 0 Å². The van der Waals surface area contributed by atoms with Gasteiger partial charge in [0.2, 0.25) is 0 Å². The van der Waals surface area contributed by atoms with Crippen molar-refractivity contribution in [3.8, 4) is 11.1 Å². The molecule has 0 N–H and O–H groups in total. The van der Waals surface area contributed by atoms with E-state index >= 15 is 0 Å². The first kappa shape index (κ1) is 22.7. The van der Waals surface area contributed by atoms with Crippen molar-refractivity contribution in [2.75, 3.05) is 4.90 Å². The van der Waals surface area contributed by atoms with Crippen LogP contribution in [0.2, 0.25) is 0 Å². The molecule has 1 aliphatic heterocycles. The molecule has 3 aliphatic rings. The van der Waals surface area contributed by atoms with E-state index in [0.717, 1.165) is 6.42 Å². The molecular formula is C35H31NS. The summed E-state index contributed by atoms with van der Waals surface area (Å²) >= 11 is 2.10. The van der Waals surface area contributed by atoms with Crippen molar-refractivity contribution in [2.45, 2.75) is 43.7 Å². The molecule has 0 fully saturated rings. The average Bonchev–Trinajstić information content (AvgIpc) is 3.54. The fraction of sp³-hybridized carbons (Fsp3) is 0.200. The fourth-order valence-corrected chi connectivity index (χ4v) is 8.08. The highest BCUT2D eigenvalue weighted by molar-refractivity contribution is 8.00. The summed E-state index contributed by atoms with van der Waals surface area (Å²) in [5.74, 6) is 0. The van der Waals surface area contributed by atoms with Crippen LogP contribution in [0.25, 0.3) is 23.3 Å². The van der Waals surface area contributed by atoms with Gasteiger partial charge in [-0.15, -0.1) is 11.8 Å². The van der Waals surface area contributed by atoms with Crippen molar-refractivity contribution in [3.05, 3.63) is 130 Å². The maximum Gasteiger partial charge on any atom is 0.0523 e. The highest BCUT2D eigenvalue weighted by Crippen LogP contribution is 2.57. The maximum absolute atomic E-state index is 2.56. The number of hydrogen-bond donors (Lipinski definition) is 0. The van der Waals surface area contributed by atoms with E-state index in [1.807, 2.05) is 0 Å². The summed E-state index contributed by atoms with van der Waals surface area (Å²) in [6.07, 6.45) is 5.97. The Morgan fingerprint density at radius 2 is 1.27 bits per heavy atom. The molecule has 182 valence electrons. The van der Waals surface area contributed by atoms with Crippen LogP contribution in [-0.2, 0) is 6.42 Å². The molecule has 1 nitrogen and oxygen atoms in total. The predicted molar refractivity (Wildman–Crippen MR) is 160 cm³/mol. The van der Waals surface area contributed by atoms with Gasteiger partial charge in [0.15, 0.2) is 0 Å². The maximum atomic E-state index is 2.56. The Labute approximate surface area is 224 Å². The molecule has 0 spiro atoms. The molecule has 4 aromatic rings. The van der Waals surface area contributed by atoms with E-state index in [9.17, 15) is 0 Å². The van der Waals surface area contributed by atoms with Gasteiger partial charge in [0, 0.05) is 23.0 Å². The van der Waals surface area contributed by atoms with E-state index in [1.54, 1.807) is 0 Å². The zero-order chi connectivity index (χ0) is 25.1. The van der Waals surface area contributed by atoms with Crippen molar-refractivity contribution < 1.29 is 0 Å². The molecule has 0 radical (unpaired) electrons. The smallest absolute Gasteiger partial charge is 0.0523 e. The second-order valence-corrected chi connectivity index (χ2v) is 11.9. The molecule has 0 amide bonds. The molecule has 7 rings (SSSR count). The summed E-state index contributed by atoms with van der Waals surface area (Å²) in [5, 5.41) is 0.732. The van der Waals surface area contributed by atoms with E-state index in [1.165, 1.54) is 61.5 Å². The molecular weight excluding hydrogens is 466 g/mol. The molecule has 0 aromatic heterocycles. The lowest BCUT2D eigenvalue weighted by atomic mass is 9.97. The first-order chi connectivity index (χ1) is 18.1. The third kappa shape index (κ3) is 3.61. The predicted octanol–water partition coefficient (Wildman–Crippen LogP) is 9.79. The van der Waals surface area contributed by atoms with Gasteiger partial charge in [0.1, 0.15) is 0 Å². The summed E-state index contributed by atoms with van der Waals surface area (Å²) in [5.41, 5.74) is 15.4. The Balaban J connectivity index is 1.25. The standard InChI is InChI=1S/C35H31NS/c1-22-19-30-27(25-11-5-4-6-12-25)14-9-15-28(30)34(22)37-35-23(2)20-31-29(35)16-10-18-33(31)36-24(3)21-26-13-7-8-17-32(26)36/h4-20,24,34-35H,21H2,1-3H3. The van der Waals surface area contributed by atoms with Gasteiger partial charge in [-0.25, -0.2) is 0 Å². The van der Waals surface area contributed by atoms with Gasteiger partial charge < -0.3 is 4.90 Å². The lowest BCUT2D eigenvalue weighted by molar-refractivity contribution is 0.758. The second-order valence-electron chi connectivity index (χ2n) is 10.7. The van der Waals surface area contributed by atoms with Gasteiger partial charge >= 0.3 is 0 Å². The average molecular weight is 498 g/mol. The van der Waals surface area contributed by atoms with Crippen molar-refractivity contribution in [1.82, 2.24) is 0 Å². The summed E-state index contributed by atoms with van der Waals surface area (Å²) < 4.78 is 0. The highest BCUT2D eigenvalue weighted by Gasteiger charge is 2.35. The largest absolute Gasteiger partial charge is 0.338 e. The summed E-state index contributed by atoms with van der Waals surface area (Å²) in [6, 6.07) is 33.9. The molecule has 0 saturated carbocycles. The number of thioether (sulfide) groups is 1. The van der Waals surface area contributed by atoms with Crippen molar-refractivity contribution >= 4 is 35.3 Å². The van der Waals surface area contributed by atoms with Crippen LogP contribution in [0.5, 0.6) is 0 Å². The number of anilines is 2. The zero-order valence-electron chi connectivity index (χ0n) is 21.6. The molecule has 1 heterocycles. The molecule has 2 heteroatoms. The van der Waals surface area contributed by atoms with Gasteiger partial charge in [-0.1, -0.05) is 102 Å².